The van der Waals surface area contributed by atoms with Crippen molar-refractivity contribution in [3.05, 3.63) is 38.5 Å². The maximum Gasteiger partial charge on any atom is 0.318 e. The monoisotopic (exact) mass is 359 g/mol. The maximum atomic E-state index is 12.7. The zero-order valence-electron chi connectivity index (χ0n) is 15.7. The van der Waals surface area contributed by atoms with Gasteiger partial charge in [0.2, 0.25) is 5.91 Å². The number of carbonyl (C=O) groups excluding carboxylic acids is 1. The molecule has 0 aromatic carbocycles. The van der Waals surface area contributed by atoms with Gasteiger partial charge in [0, 0.05) is 37.9 Å². The number of aromatic nitrogens is 3. The Morgan fingerprint density at radius 2 is 1.81 bits per heavy atom. The lowest BCUT2D eigenvalue weighted by Crippen LogP contribution is -2.49. The Morgan fingerprint density at radius 1 is 1.19 bits per heavy atom. The lowest BCUT2D eigenvalue weighted by molar-refractivity contribution is 0.0897. The molecule has 0 bridgehead atoms. The van der Waals surface area contributed by atoms with Crippen LogP contribution in [0.25, 0.3) is 11.2 Å². The van der Waals surface area contributed by atoms with Crippen LogP contribution in [0.2, 0.25) is 0 Å². The first-order valence-electron chi connectivity index (χ1n) is 8.77. The Morgan fingerprint density at radius 3 is 2.35 bits per heavy atom. The molecule has 0 saturated carbocycles. The summed E-state index contributed by atoms with van der Waals surface area (Å²) in [7, 11) is 1.51. The average Bonchev–Trinajstić information content (AvgIpc) is 2.59. The molecule has 2 N–H and O–H groups in total. The first-order chi connectivity index (χ1) is 12.1. The van der Waals surface area contributed by atoms with Crippen LogP contribution >= 0.6 is 0 Å². The molecule has 1 aliphatic rings. The van der Waals surface area contributed by atoms with Crippen LogP contribution in [-0.4, -0.2) is 43.6 Å². The van der Waals surface area contributed by atoms with Gasteiger partial charge in [-0.15, -0.1) is 0 Å². The number of nitrogens with zero attached hydrogens (tertiary/aromatic N) is 4. The fourth-order valence-electron chi connectivity index (χ4n) is 3.60. The van der Waals surface area contributed by atoms with Crippen LogP contribution in [-0.2, 0) is 7.05 Å². The number of piperidine rings is 1. The van der Waals surface area contributed by atoms with Crippen LogP contribution in [0.1, 0.15) is 50.0 Å². The average molecular weight is 359 g/mol. The molecule has 140 valence electrons. The summed E-state index contributed by atoms with van der Waals surface area (Å²) in [5.74, 6) is -0.622. The van der Waals surface area contributed by atoms with Gasteiger partial charge in [0.15, 0.2) is 5.65 Å². The standard InChI is InChI=1S/C18H25N5O3/c1-18(2,3)22-7-5-12(6-8-22)23-15-13(21(4)16(25)17(23)26)9-11(10-20-15)14(19)24/h9-10,12H,5-8H2,1-4H3,(H2,19,24). The molecule has 1 aliphatic heterocycles. The Balaban J connectivity index is 2.11. The molecule has 0 unspecified atom stereocenters. The summed E-state index contributed by atoms with van der Waals surface area (Å²) < 4.78 is 2.74. The van der Waals surface area contributed by atoms with Crippen molar-refractivity contribution in [2.45, 2.75) is 45.2 Å². The molecule has 0 atom stereocenters. The van der Waals surface area contributed by atoms with Gasteiger partial charge in [0.05, 0.1) is 11.1 Å². The number of nitrogens with two attached hydrogens (primary N) is 1. The van der Waals surface area contributed by atoms with Crippen molar-refractivity contribution in [1.82, 2.24) is 19.0 Å². The molecule has 8 nitrogen and oxygen atoms in total. The van der Waals surface area contributed by atoms with Crippen molar-refractivity contribution < 1.29 is 4.79 Å². The zero-order valence-corrected chi connectivity index (χ0v) is 15.7. The molecule has 8 heteroatoms. The third-order valence-corrected chi connectivity index (χ3v) is 5.21. The number of amides is 1. The fraction of sp³-hybridized carbons (Fsp3) is 0.556. The summed E-state index contributed by atoms with van der Waals surface area (Å²) in [6, 6.07) is 1.43. The SMILES string of the molecule is Cn1c(=O)c(=O)n(C2CCN(C(C)(C)C)CC2)c2ncc(C(N)=O)cc21. The minimum atomic E-state index is -0.626. The number of rotatable bonds is 2. The lowest BCUT2D eigenvalue weighted by atomic mass is 9.98. The number of pyridine rings is 1. The third kappa shape index (κ3) is 3.05. The molecular formula is C18H25N5O3. The van der Waals surface area contributed by atoms with E-state index in [0.717, 1.165) is 25.9 Å². The van der Waals surface area contributed by atoms with Crippen molar-refractivity contribution in [1.29, 1.82) is 0 Å². The van der Waals surface area contributed by atoms with E-state index in [9.17, 15) is 14.4 Å². The number of hydrogen-bond acceptors (Lipinski definition) is 5. The van der Waals surface area contributed by atoms with Gasteiger partial charge in [0.25, 0.3) is 0 Å². The van der Waals surface area contributed by atoms with Gasteiger partial charge in [-0.25, -0.2) is 4.98 Å². The molecule has 2 aromatic heterocycles. The Hall–Kier alpha value is -2.48. The van der Waals surface area contributed by atoms with Gasteiger partial charge >= 0.3 is 11.1 Å². The van der Waals surface area contributed by atoms with E-state index < -0.39 is 17.0 Å². The lowest BCUT2D eigenvalue weighted by Gasteiger charge is -2.41. The van der Waals surface area contributed by atoms with Gasteiger partial charge in [-0.1, -0.05) is 0 Å². The highest BCUT2D eigenvalue weighted by atomic mass is 16.2. The molecule has 3 heterocycles. The van der Waals surface area contributed by atoms with E-state index in [0.29, 0.717) is 11.2 Å². The van der Waals surface area contributed by atoms with Crippen molar-refractivity contribution in [3.8, 4) is 0 Å². The summed E-state index contributed by atoms with van der Waals surface area (Å²) in [6.45, 7) is 8.19. The highest BCUT2D eigenvalue weighted by Crippen LogP contribution is 2.27. The van der Waals surface area contributed by atoms with Crippen LogP contribution in [0.5, 0.6) is 0 Å². The second-order valence-electron chi connectivity index (χ2n) is 7.86. The third-order valence-electron chi connectivity index (χ3n) is 5.21. The molecule has 0 radical (unpaired) electrons. The van der Waals surface area contributed by atoms with Gasteiger partial charge in [-0.3, -0.25) is 23.9 Å². The quantitative estimate of drug-likeness (QED) is 0.792. The van der Waals surface area contributed by atoms with E-state index in [2.05, 4.69) is 30.7 Å². The van der Waals surface area contributed by atoms with Crippen LogP contribution < -0.4 is 16.9 Å². The Kier molecular flexibility index (Phi) is 4.47. The van der Waals surface area contributed by atoms with Crippen LogP contribution in [0.15, 0.2) is 21.9 Å². The molecule has 1 saturated heterocycles. The fourth-order valence-corrected chi connectivity index (χ4v) is 3.60. The zero-order chi connectivity index (χ0) is 19.2. The van der Waals surface area contributed by atoms with Crippen LogP contribution in [0.3, 0.4) is 0 Å². The minimum Gasteiger partial charge on any atom is -0.366 e. The normalized spacial score (nSPS) is 16.9. The number of carbonyl (C=O) groups is 1. The van der Waals surface area contributed by atoms with E-state index in [1.165, 1.54) is 28.4 Å². The molecule has 26 heavy (non-hydrogen) atoms. The molecule has 2 aromatic rings. The largest absolute Gasteiger partial charge is 0.366 e. The van der Waals surface area contributed by atoms with Gasteiger partial charge in [-0.2, -0.15) is 0 Å². The number of primary amides is 1. The second kappa shape index (κ2) is 6.35. The van der Waals surface area contributed by atoms with E-state index in [4.69, 9.17) is 5.73 Å². The highest BCUT2D eigenvalue weighted by Gasteiger charge is 2.29. The first-order valence-corrected chi connectivity index (χ1v) is 8.77. The maximum absolute atomic E-state index is 12.7. The van der Waals surface area contributed by atoms with E-state index in [-0.39, 0.29) is 17.1 Å². The number of aryl methyl sites for hydroxylation is 1. The molecule has 1 amide bonds. The molecule has 3 rings (SSSR count). The van der Waals surface area contributed by atoms with Crippen molar-refractivity contribution in [2.24, 2.45) is 12.8 Å². The highest BCUT2D eigenvalue weighted by molar-refractivity contribution is 5.95. The van der Waals surface area contributed by atoms with Crippen molar-refractivity contribution >= 4 is 17.1 Å². The summed E-state index contributed by atoms with van der Waals surface area (Å²) >= 11 is 0. The van der Waals surface area contributed by atoms with Crippen LogP contribution in [0.4, 0.5) is 0 Å². The molecule has 1 fully saturated rings. The van der Waals surface area contributed by atoms with Gasteiger partial charge in [-0.05, 0) is 39.7 Å². The Labute approximate surface area is 151 Å². The van der Waals surface area contributed by atoms with Gasteiger partial charge < -0.3 is 10.3 Å². The number of hydrogen-bond donors (Lipinski definition) is 1. The summed E-state index contributed by atoms with van der Waals surface area (Å²) in [4.78, 5) is 43.2. The van der Waals surface area contributed by atoms with E-state index >= 15 is 0 Å². The number of fused-ring (bicyclic) bond motifs is 1. The summed E-state index contributed by atoms with van der Waals surface area (Å²) in [5.41, 5.74) is 5.24. The first kappa shape index (κ1) is 18.3. The Bertz CT molecular complexity index is 975. The van der Waals surface area contributed by atoms with Crippen molar-refractivity contribution in [3.63, 3.8) is 0 Å². The predicted molar refractivity (Wildman–Crippen MR) is 99.4 cm³/mol. The second-order valence-corrected chi connectivity index (χ2v) is 7.86. The topological polar surface area (TPSA) is 103 Å². The van der Waals surface area contributed by atoms with E-state index in [1.807, 2.05) is 0 Å². The predicted octanol–water partition coefficient (Wildman–Crippen LogP) is 0.629. The van der Waals surface area contributed by atoms with Crippen molar-refractivity contribution in [2.75, 3.05) is 13.1 Å². The molecular weight excluding hydrogens is 334 g/mol. The molecule has 0 aliphatic carbocycles. The van der Waals surface area contributed by atoms with Gasteiger partial charge in [0.1, 0.15) is 0 Å². The summed E-state index contributed by atoms with van der Waals surface area (Å²) in [6.07, 6.45) is 2.88. The smallest absolute Gasteiger partial charge is 0.318 e. The van der Waals surface area contributed by atoms with E-state index in [1.54, 1.807) is 0 Å². The minimum absolute atomic E-state index is 0.0689. The van der Waals surface area contributed by atoms with Crippen LogP contribution in [0, 0.1) is 0 Å². The molecule has 0 spiro atoms. The summed E-state index contributed by atoms with van der Waals surface area (Å²) in [5, 5.41) is 0. The number of likely N-dealkylation sites (tertiary alicyclic amines) is 1.